The standard InChI is InChI=1S/C11H18N2O2/c1-8(12-2)10-7-13-11(15-10)9-3-5-14-6-4-9/h7-9,12H,3-6H2,1-2H3. The highest BCUT2D eigenvalue weighted by Crippen LogP contribution is 2.27. The summed E-state index contributed by atoms with van der Waals surface area (Å²) in [6, 6.07) is 0.228. The van der Waals surface area contributed by atoms with Crippen LogP contribution in [0.5, 0.6) is 0 Å². The summed E-state index contributed by atoms with van der Waals surface area (Å²) in [6.07, 6.45) is 3.87. The van der Waals surface area contributed by atoms with Crippen LogP contribution in [0, 0.1) is 0 Å². The lowest BCUT2D eigenvalue weighted by atomic mass is 10.0. The molecule has 15 heavy (non-hydrogen) atoms. The monoisotopic (exact) mass is 210 g/mol. The van der Waals surface area contributed by atoms with Crippen LogP contribution in [0.4, 0.5) is 0 Å². The number of rotatable bonds is 3. The second-order valence-corrected chi connectivity index (χ2v) is 4.00. The lowest BCUT2D eigenvalue weighted by molar-refractivity contribution is 0.0790. The largest absolute Gasteiger partial charge is 0.444 e. The van der Waals surface area contributed by atoms with Crippen LogP contribution in [0.2, 0.25) is 0 Å². The Morgan fingerprint density at radius 3 is 2.87 bits per heavy atom. The molecule has 1 unspecified atom stereocenters. The van der Waals surface area contributed by atoms with Crippen LogP contribution in [-0.2, 0) is 4.74 Å². The predicted octanol–water partition coefficient (Wildman–Crippen LogP) is 1.85. The molecule has 4 nitrogen and oxygen atoms in total. The van der Waals surface area contributed by atoms with Gasteiger partial charge in [0.25, 0.3) is 0 Å². The Morgan fingerprint density at radius 1 is 1.47 bits per heavy atom. The normalized spacial score (nSPS) is 20.4. The molecule has 0 radical (unpaired) electrons. The van der Waals surface area contributed by atoms with Crippen molar-refractivity contribution in [1.29, 1.82) is 0 Å². The fraction of sp³-hybridized carbons (Fsp3) is 0.727. The van der Waals surface area contributed by atoms with Crippen LogP contribution >= 0.6 is 0 Å². The molecular formula is C11H18N2O2. The fourth-order valence-electron chi connectivity index (χ4n) is 1.78. The van der Waals surface area contributed by atoms with Gasteiger partial charge in [-0.2, -0.15) is 0 Å². The fourth-order valence-corrected chi connectivity index (χ4v) is 1.78. The first-order chi connectivity index (χ1) is 7.31. The second-order valence-electron chi connectivity index (χ2n) is 4.00. The van der Waals surface area contributed by atoms with Crippen LogP contribution in [0.15, 0.2) is 10.6 Å². The zero-order valence-electron chi connectivity index (χ0n) is 9.32. The smallest absolute Gasteiger partial charge is 0.197 e. The summed E-state index contributed by atoms with van der Waals surface area (Å²) in [4.78, 5) is 4.35. The third kappa shape index (κ3) is 2.38. The molecule has 84 valence electrons. The number of aromatic nitrogens is 1. The maximum Gasteiger partial charge on any atom is 0.197 e. The molecule has 1 aromatic rings. The molecule has 0 aliphatic carbocycles. The van der Waals surface area contributed by atoms with E-state index in [9.17, 15) is 0 Å². The van der Waals surface area contributed by atoms with Crippen LogP contribution in [-0.4, -0.2) is 25.2 Å². The van der Waals surface area contributed by atoms with Crippen molar-refractivity contribution in [1.82, 2.24) is 10.3 Å². The van der Waals surface area contributed by atoms with Gasteiger partial charge in [-0.05, 0) is 26.8 Å². The van der Waals surface area contributed by atoms with E-state index < -0.39 is 0 Å². The summed E-state index contributed by atoms with van der Waals surface area (Å²) in [5.74, 6) is 2.23. The second kappa shape index (κ2) is 4.77. The molecular weight excluding hydrogens is 192 g/mol. The molecule has 0 aromatic carbocycles. The molecule has 0 spiro atoms. The maximum absolute atomic E-state index is 5.75. The van der Waals surface area contributed by atoms with Gasteiger partial charge in [0.05, 0.1) is 12.2 Å². The Bertz CT molecular complexity index is 305. The molecule has 1 atom stereocenters. The number of oxazole rings is 1. The minimum atomic E-state index is 0.228. The van der Waals surface area contributed by atoms with E-state index in [-0.39, 0.29) is 6.04 Å². The van der Waals surface area contributed by atoms with Gasteiger partial charge in [0.2, 0.25) is 0 Å². The van der Waals surface area contributed by atoms with E-state index in [0.29, 0.717) is 5.92 Å². The molecule has 0 saturated carbocycles. The summed E-state index contributed by atoms with van der Waals surface area (Å²) in [5, 5.41) is 3.14. The van der Waals surface area contributed by atoms with Crippen LogP contribution in [0.25, 0.3) is 0 Å². The summed E-state index contributed by atoms with van der Waals surface area (Å²) in [6.45, 7) is 3.71. The molecule has 1 N–H and O–H groups in total. The number of nitrogens with zero attached hydrogens (tertiary/aromatic N) is 1. The van der Waals surface area contributed by atoms with Crippen LogP contribution < -0.4 is 5.32 Å². The third-order valence-corrected chi connectivity index (χ3v) is 2.97. The highest BCUT2D eigenvalue weighted by Gasteiger charge is 2.21. The Kier molecular flexibility index (Phi) is 3.38. The van der Waals surface area contributed by atoms with E-state index in [1.54, 1.807) is 0 Å². The molecule has 1 fully saturated rings. The number of nitrogens with one attached hydrogen (secondary N) is 1. The lowest BCUT2D eigenvalue weighted by Gasteiger charge is -2.18. The van der Waals surface area contributed by atoms with Crippen molar-refractivity contribution in [2.45, 2.75) is 31.7 Å². The van der Waals surface area contributed by atoms with E-state index in [2.05, 4.69) is 17.2 Å². The number of hydrogen-bond donors (Lipinski definition) is 1. The lowest BCUT2D eigenvalue weighted by Crippen LogP contribution is -2.14. The highest BCUT2D eigenvalue weighted by molar-refractivity contribution is 5.03. The molecule has 1 aliphatic rings. The first kappa shape index (κ1) is 10.6. The van der Waals surface area contributed by atoms with Crippen LogP contribution in [0.3, 0.4) is 0 Å². The average Bonchev–Trinajstić information content (AvgIpc) is 2.78. The third-order valence-electron chi connectivity index (χ3n) is 2.97. The van der Waals surface area contributed by atoms with Gasteiger partial charge >= 0.3 is 0 Å². The molecule has 2 rings (SSSR count). The van der Waals surface area contributed by atoms with Gasteiger partial charge in [-0.25, -0.2) is 4.98 Å². The Labute approximate surface area is 90.0 Å². The summed E-state index contributed by atoms with van der Waals surface area (Å²) in [5.41, 5.74) is 0. The van der Waals surface area contributed by atoms with E-state index >= 15 is 0 Å². The van der Waals surface area contributed by atoms with Crippen molar-refractivity contribution in [2.24, 2.45) is 0 Å². The van der Waals surface area contributed by atoms with Crippen molar-refractivity contribution in [3.05, 3.63) is 17.8 Å². The zero-order valence-corrected chi connectivity index (χ0v) is 9.32. The van der Waals surface area contributed by atoms with E-state index in [1.807, 2.05) is 13.2 Å². The number of ether oxygens (including phenoxy) is 1. The van der Waals surface area contributed by atoms with E-state index in [4.69, 9.17) is 9.15 Å². The molecule has 2 heterocycles. The first-order valence-electron chi connectivity index (χ1n) is 5.52. The minimum absolute atomic E-state index is 0.228. The molecule has 0 bridgehead atoms. The average molecular weight is 210 g/mol. The van der Waals surface area contributed by atoms with Gasteiger partial charge in [-0.3, -0.25) is 0 Å². The van der Waals surface area contributed by atoms with Crippen molar-refractivity contribution in [3.63, 3.8) is 0 Å². The zero-order chi connectivity index (χ0) is 10.7. The van der Waals surface area contributed by atoms with Gasteiger partial charge < -0.3 is 14.5 Å². The topological polar surface area (TPSA) is 47.3 Å². The van der Waals surface area contributed by atoms with Gasteiger partial charge in [0.1, 0.15) is 5.76 Å². The molecule has 0 amide bonds. The Morgan fingerprint density at radius 2 is 2.20 bits per heavy atom. The van der Waals surface area contributed by atoms with Gasteiger partial charge in [0, 0.05) is 19.1 Å². The van der Waals surface area contributed by atoms with Crippen molar-refractivity contribution in [2.75, 3.05) is 20.3 Å². The first-order valence-corrected chi connectivity index (χ1v) is 5.52. The summed E-state index contributed by atoms with van der Waals surface area (Å²) >= 11 is 0. The molecule has 1 saturated heterocycles. The molecule has 4 heteroatoms. The SMILES string of the molecule is CNC(C)c1cnc(C2CCOCC2)o1. The van der Waals surface area contributed by atoms with Gasteiger partial charge in [-0.15, -0.1) is 0 Å². The van der Waals surface area contributed by atoms with Gasteiger partial charge in [0.15, 0.2) is 5.89 Å². The van der Waals surface area contributed by atoms with Crippen molar-refractivity contribution >= 4 is 0 Å². The van der Waals surface area contributed by atoms with Crippen molar-refractivity contribution in [3.8, 4) is 0 Å². The van der Waals surface area contributed by atoms with Crippen LogP contribution in [0.1, 0.15) is 43.4 Å². The van der Waals surface area contributed by atoms with Crippen molar-refractivity contribution < 1.29 is 9.15 Å². The quantitative estimate of drug-likeness (QED) is 0.827. The Hall–Kier alpha value is -0.870. The predicted molar refractivity (Wildman–Crippen MR) is 56.8 cm³/mol. The summed E-state index contributed by atoms with van der Waals surface area (Å²) < 4.78 is 11.1. The molecule has 1 aromatic heterocycles. The van der Waals surface area contributed by atoms with Gasteiger partial charge in [-0.1, -0.05) is 0 Å². The maximum atomic E-state index is 5.75. The summed E-state index contributed by atoms with van der Waals surface area (Å²) in [7, 11) is 1.92. The number of hydrogen-bond acceptors (Lipinski definition) is 4. The van der Waals surface area contributed by atoms with E-state index in [0.717, 1.165) is 37.7 Å². The highest BCUT2D eigenvalue weighted by atomic mass is 16.5. The van der Waals surface area contributed by atoms with E-state index in [1.165, 1.54) is 0 Å². The molecule has 1 aliphatic heterocycles. The Balaban J connectivity index is 2.05. The minimum Gasteiger partial charge on any atom is -0.444 e.